The molecule has 2 N–H and O–H groups in total. The first kappa shape index (κ1) is 21.8. The van der Waals surface area contributed by atoms with Gasteiger partial charge in [-0.2, -0.15) is 0 Å². The lowest BCUT2D eigenvalue weighted by Crippen LogP contribution is -2.30. The number of benzene rings is 2. The summed E-state index contributed by atoms with van der Waals surface area (Å²) >= 11 is 0. The highest BCUT2D eigenvalue weighted by molar-refractivity contribution is 5.80. The number of carbonyl (C=O) groups is 1. The van der Waals surface area contributed by atoms with Gasteiger partial charge in [-0.25, -0.2) is 0 Å². The van der Waals surface area contributed by atoms with E-state index in [9.17, 15) is 4.79 Å². The molecule has 0 fully saturated rings. The van der Waals surface area contributed by atoms with Gasteiger partial charge in [0.15, 0.2) is 0 Å². The molecule has 2 aromatic carbocycles. The lowest BCUT2D eigenvalue weighted by Gasteiger charge is -2.10. The minimum Gasteiger partial charge on any atom is -0.494 e. The van der Waals surface area contributed by atoms with Crippen molar-refractivity contribution >= 4 is 11.6 Å². The fourth-order valence-electron chi connectivity index (χ4n) is 3.01. The first-order chi connectivity index (χ1) is 13.8. The van der Waals surface area contributed by atoms with Crippen molar-refractivity contribution in [3.8, 4) is 5.75 Å². The van der Waals surface area contributed by atoms with Crippen molar-refractivity contribution in [1.82, 2.24) is 5.32 Å². The molecule has 152 valence electrons. The van der Waals surface area contributed by atoms with Gasteiger partial charge in [-0.15, -0.1) is 0 Å². The first-order valence-electron chi connectivity index (χ1n) is 10.6. The van der Waals surface area contributed by atoms with Crippen LogP contribution in [0.5, 0.6) is 5.75 Å². The maximum atomic E-state index is 11.9. The summed E-state index contributed by atoms with van der Waals surface area (Å²) in [6.07, 6.45) is 8.00. The molecule has 4 heteroatoms. The predicted molar refractivity (Wildman–Crippen MR) is 117 cm³/mol. The molecule has 0 aromatic heterocycles. The number of hydrogen-bond donors (Lipinski definition) is 2. The quantitative estimate of drug-likeness (QED) is 0.442. The summed E-state index contributed by atoms with van der Waals surface area (Å²) in [5.41, 5.74) is 2.23. The Morgan fingerprint density at radius 3 is 2.57 bits per heavy atom. The molecule has 0 bridgehead atoms. The maximum Gasteiger partial charge on any atom is 0.239 e. The van der Waals surface area contributed by atoms with Gasteiger partial charge in [0.2, 0.25) is 5.91 Å². The molecule has 0 aliphatic heterocycles. The van der Waals surface area contributed by atoms with Crippen LogP contribution in [0.3, 0.4) is 0 Å². The molecule has 0 atom stereocenters. The summed E-state index contributed by atoms with van der Waals surface area (Å²) in [6.45, 7) is 3.93. The fraction of sp³-hybridized carbons (Fsp3) is 0.458. The maximum absolute atomic E-state index is 11.9. The summed E-state index contributed by atoms with van der Waals surface area (Å²) in [4.78, 5) is 11.9. The molecule has 0 saturated carbocycles. The molecule has 4 nitrogen and oxygen atoms in total. The van der Waals surface area contributed by atoms with Crippen LogP contribution in [-0.4, -0.2) is 25.6 Å². The smallest absolute Gasteiger partial charge is 0.239 e. The van der Waals surface area contributed by atoms with Crippen LogP contribution in [-0.2, 0) is 11.2 Å². The number of unbranched alkanes of at least 4 members (excludes halogenated alkanes) is 4. The van der Waals surface area contributed by atoms with Gasteiger partial charge < -0.3 is 15.4 Å². The molecular weight excluding hydrogens is 348 g/mol. The largest absolute Gasteiger partial charge is 0.494 e. The number of hydrogen-bond acceptors (Lipinski definition) is 3. The average Bonchev–Trinajstić information content (AvgIpc) is 2.73. The number of rotatable bonds is 14. The predicted octanol–water partition coefficient (Wildman–Crippen LogP) is 5.20. The van der Waals surface area contributed by atoms with Crippen LogP contribution in [0.25, 0.3) is 0 Å². The second-order valence-electron chi connectivity index (χ2n) is 7.08. The van der Waals surface area contributed by atoms with E-state index in [4.69, 9.17) is 4.74 Å². The van der Waals surface area contributed by atoms with Crippen LogP contribution in [0.4, 0.5) is 5.69 Å². The third-order valence-corrected chi connectivity index (χ3v) is 4.61. The highest BCUT2D eigenvalue weighted by Crippen LogP contribution is 2.17. The molecule has 0 spiro atoms. The molecule has 0 heterocycles. The molecule has 1 amide bonds. The van der Waals surface area contributed by atoms with Gasteiger partial charge in [-0.1, -0.05) is 69.0 Å². The Bertz CT molecular complexity index is 673. The topological polar surface area (TPSA) is 50.4 Å². The molecule has 0 aliphatic carbocycles. The van der Waals surface area contributed by atoms with Crippen molar-refractivity contribution in [1.29, 1.82) is 0 Å². The standard InChI is InChI=1S/C24H34N2O2/c1-2-3-4-5-9-17-25-24(27)20-26-22-15-10-16-23(19-22)28-18-11-14-21-12-7-6-8-13-21/h6-8,10,12-13,15-16,19,26H,2-5,9,11,14,17-18,20H2,1H3,(H,25,27). The van der Waals surface area contributed by atoms with Gasteiger partial charge in [0.05, 0.1) is 13.2 Å². The minimum absolute atomic E-state index is 0.0321. The Balaban J connectivity index is 1.60. The monoisotopic (exact) mass is 382 g/mol. The first-order valence-corrected chi connectivity index (χ1v) is 10.6. The van der Waals surface area contributed by atoms with Gasteiger partial charge in [0.1, 0.15) is 5.75 Å². The van der Waals surface area contributed by atoms with Crippen LogP contribution in [0.2, 0.25) is 0 Å². The van der Waals surface area contributed by atoms with E-state index in [2.05, 4.69) is 41.8 Å². The second kappa shape index (κ2) is 13.6. The van der Waals surface area contributed by atoms with E-state index >= 15 is 0 Å². The number of aryl methyl sites for hydroxylation is 1. The molecule has 0 aliphatic rings. The normalized spacial score (nSPS) is 10.5. The number of ether oxygens (including phenoxy) is 1. The highest BCUT2D eigenvalue weighted by Gasteiger charge is 2.02. The number of carbonyl (C=O) groups excluding carboxylic acids is 1. The Hall–Kier alpha value is -2.49. The Morgan fingerprint density at radius 2 is 1.75 bits per heavy atom. The number of nitrogens with one attached hydrogen (secondary N) is 2. The number of anilines is 1. The number of amides is 1. The lowest BCUT2D eigenvalue weighted by molar-refractivity contribution is -0.119. The zero-order chi connectivity index (χ0) is 19.9. The third kappa shape index (κ3) is 9.45. The molecule has 2 rings (SSSR count). The highest BCUT2D eigenvalue weighted by atomic mass is 16.5. The Labute approximate surface area is 169 Å². The Morgan fingerprint density at radius 1 is 0.929 bits per heavy atom. The van der Waals surface area contributed by atoms with E-state index in [-0.39, 0.29) is 12.5 Å². The molecular formula is C24H34N2O2. The van der Waals surface area contributed by atoms with E-state index in [1.165, 1.54) is 31.2 Å². The van der Waals surface area contributed by atoms with E-state index in [0.29, 0.717) is 6.61 Å². The molecule has 0 unspecified atom stereocenters. The van der Waals surface area contributed by atoms with Crippen molar-refractivity contribution in [3.63, 3.8) is 0 Å². The molecule has 2 aromatic rings. The van der Waals surface area contributed by atoms with Gasteiger partial charge in [0.25, 0.3) is 0 Å². The van der Waals surface area contributed by atoms with Crippen molar-refractivity contribution in [2.75, 3.05) is 25.0 Å². The average molecular weight is 383 g/mol. The van der Waals surface area contributed by atoms with Crippen LogP contribution >= 0.6 is 0 Å². The van der Waals surface area contributed by atoms with Crippen molar-refractivity contribution in [3.05, 3.63) is 60.2 Å². The van der Waals surface area contributed by atoms with E-state index in [0.717, 1.165) is 37.2 Å². The summed E-state index contributed by atoms with van der Waals surface area (Å²) in [7, 11) is 0. The summed E-state index contributed by atoms with van der Waals surface area (Å²) < 4.78 is 5.85. The molecule has 0 saturated heterocycles. The fourth-order valence-corrected chi connectivity index (χ4v) is 3.01. The van der Waals surface area contributed by atoms with Gasteiger partial charge in [-0.3, -0.25) is 4.79 Å². The van der Waals surface area contributed by atoms with Crippen molar-refractivity contribution in [2.24, 2.45) is 0 Å². The van der Waals surface area contributed by atoms with Gasteiger partial charge in [0, 0.05) is 18.3 Å². The van der Waals surface area contributed by atoms with Crippen LogP contribution in [0.15, 0.2) is 54.6 Å². The van der Waals surface area contributed by atoms with Crippen molar-refractivity contribution < 1.29 is 9.53 Å². The van der Waals surface area contributed by atoms with Crippen LogP contribution in [0, 0.1) is 0 Å². The zero-order valence-corrected chi connectivity index (χ0v) is 17.1. The summed E-state index contributed by atoms with van der Waals surface area (Å²) in [6, 6.07) is 18.2. The van der Waals surface area contributed by atoms with E-state index < -0.39 is 0 Å². The van der Waals surface area contributed by atoms with E-state index in [1.54, 1.807) is 0 Å². The van der Waals surface area contributed by atoms with Crippen LogP contribution < -0.4 is 15.4 Å². The summed E-state index contributed by atoms with van der Waals surface area (Å²) in [5, 5.41) is 6.14. The lowest BCUT2D eigenvalue weighted by atomic mass is 10.1. The SMILES string of the molecule is CCCCCCCNC(=O)CNc1cccc(OCCCc2ccccc2)c1. The zero-order valence-electron chi connectivity index (χ0n) is 17.1. The van der Waals surface area contributed by atoms with Crippen molar-refractivity contribution in [2.45, 2.75) is 51.9 Å². The minimum atomic E-state index is 0.0321. The third-order valence-electron chi connectivity index (χ3n) is 4.61. The summed E-state index contributed by atoms with van der Waals surface area (Å²) in [5.74, 6) is 0.860. The molecule has 28 heavy (non-hydrogen) atoms. The Kier molecular flexibility index (Phi) is 10.6. The van der Waals surface area contributed by atoms with Crippen LogP contribution in [0.1, 0.15) is 51.0 Å². The van der Waals surface area contributed by atoms with Gasteiger partial charge >= 0.3 is 0 Å². The second-order valence-corrected chi connectivity index (χ2v) is 7.08. The van der Waals surface area contributed by atoms with E-state index in [1.807, 2.05) is 30.3 Å². The molecule has 0 radical (unpaired) electrons. The van der Waals surface area contributed by atoms with Gasteiger partial charge in [-0.05, 0) is 37.0 Å².